The third-order valence-electron chi connectivity index (χ3n) is 3.30. The van der Waals surface area contributed by atoms with Crippen LogP contribution in [0.1, 0.15) is 48.4 Å². The monoisotopic (exact) mass is 266 g/mol. The first-order valence-electron chi connectivity index (χ1n) is 6.37. The minimum atomic E-state index is -0.921. The van der Waals surface area contributed by atoms with Crippen molar-refractivity contribution in [3.05, 3.63) is 23.7 Å². The standard InChI is InChI=1S/C13H18N2O4/c1-9-4-5-10(19-9)12(17)15-14-11(16)8-13(18)6-2-3-7-13/h4-5,18H,2-3,6-8H2,1H3,(H,14,16)(H,15,17). The zero-order valence-corrected chi connectivity index (χ0v) is 10.9. The number of amides is 2. The first-order chi connectivity index (χ1) is 8.98. The number of hydrogen-bond acceptors (Lipinski definition) is 4. The van der Waals surface area contributed by atoms with Gasteiger partial charge in [0, 0.05) is 0 Å². The van der Waals surface area contributed by atoms with Crippen LogP contribution < -0.4 is 10.9 Å². The van der Waals surface area contributed by atoms with Crippen LogP contribution in [0.15, 0.2) is 16.5 Å². The van der Waals surface area contributed by atoms with Gasteiger partial charge in [-0.1, -0.05) is 12.8 Å². The fourth-order valence-electron chi connectivity index (χ4n) is 2.30. The molecule has 0 unspecified atom stereocenters. The van der Waals surface area contributed by atoms with Crippen molar-refractivity contribution in [2.45, 2.75) is 44.6 Å². The van der Waals surface area contributed by atoms with E-state index in [0.717, 1.165) is 12.8 Å². The zero-order valence-electron chi connectivity index (χ0n) is 10.9. The topological polar surface area (TPSA) is 91.6 Å². The maximum absolute atomic E-state index is 11.6. The van der Waals surface area contributed by atoms with Crippen LogP contribution in [-0.4, -0.2) is 22.5 Å². The number of carbonyl (C=O) groups excluding carboxylic acids is 2. The average molecular weight is 266 g/mol. The minimum Gasteiger partial charge on any atom is -0.456 e. The second-order valence-electron chi connectivity index (χ2n) is 5.02. The van der Waals surface area contributed by atoms with Gasteiger partial charge in [0.05, 0.1) is 12.0 Å². The number of aryl methyl sites for hydroxylation is 1. The Balaban J connectivity index is 1.79. The lowest BCUT2D eigenvalue weighted by Gasteiger charge is -2.20. The van der Waals surface area contributed by atoms with Crippen molar-refractivity contribution in [2.24, 2.45) is 0 Å². The number of hydrazine groups is 1. The Morgan fingerprint density at radius 2 is 2.00 bits per heavy atom. The predicted molar refractivity (Wildman–Crippen MR) is 67.1 cm³/mol. The highest BCUT2D eigenvalue weighted by atomic mass is 16.3. The molecule has 104 valence electrons. The average Bonchev–Trinajstić information content (AvgIpc) is 2.95. The van der Waals surface area contributed by atoms with Gasteiger partial charge in [-0.25, -0.2) is 0 Å². The molecule has 1 aromatic heterocycles. The Bertz CT molecular complexity index is 475. The Kier molecular flexibility index (Phi) is 3.90. The van der Waals surface area contributed by atoms with Crippen LogP contribution in [0.2, 0.25) is 0 Å². The van der Waals surface area contributed by atoms with E-state index < -0.39 is 17.4 Å². The van der Waals surface area contributed by atoms with E-state index in [9.17, 15) is 14.7 Å². The molecule has 1 fully saturated rings. The highest BCUT2D eigenvalue weighted by Crippen LogP contribution is 2.31. The van der Waals surface area contributed by atoms with Crippen LogP contribution >= 0.6 is 0 Å². The van der Waals surface area contributed by atoms with Crippen LogP contribution in [0, 0.1) is 6.92 Å². The van der Waals surface area contributed by atoms with Gasteiger partial charge in [0.2, 0.25) is 5.91 Å². The summed E-state index contributed by atoms with van der Waals surface area (Å²) in [5.74, 6) is -0.157. The molecular formula is C13H18N2O4. The maximum atomic E-state index is 11.6. The predicted octanol–water partition coefficient (Wildman–Crippen LogP) is 1.04. The van der Waals surface area contributed by atoms with Gasteiger partial charge in [0.15, 0.2) is 5.76 Å². The highest BCUT2D eigenvalue weighted by molar-refractivity contribution is 5.93. The summed E-state index contributed by atoms with van der Waals surface area (Å²) >= 11 is 0. The molecule has 1 aromatic rings. The Morgan fingerprint density at radius 3 is 2.58 bits per heavy atom. The van der Waals surface area contributed by atoms with Crippen LogP contribution in [-0.2, 0) is 4.79 Å². The van der Waals surface area contributed by atoms with Crippen molar-refractivity contribution in [1.29, 1.82) is 0 Å². The lowest BCUT2D eigenvalue weighted by atomic mass is 9.98. The summed E-state index contributed by atoms with van der Waals surface area (Å²) in [7, 11) is 0. The molecule has 2 amide bonds. The second kappa shape index (κ2) is 5.44. The molecule has 0 aliphatic heterocycles. The van der Waals surface area contributed by atoms with E-state index in [1.54, 1.807) is 13.0 Å². The molecule has 1 saturated carbocycles. The second-order valence-corrected chi connectivity index (χ2v) is 5.02. The number of aliphatic hydroxyl groups is 1. The fourth-order valence-corrected chi connectivity index (χ4v) is 2.30. The van der Waals surface area contributed by atoms with Crippen LogP contribution in [0.4, 0.5) is 0 Å². The lowest BCUT2D eigenvalue weighted by molar-refractivity contribution is -0.126. The van der Waals surface area contributed by atoms with Crippen LogP contribution in [0.25, 0.3) is 0 Å². The third kappa shape index (κ3) is 3.57. The van der Waals surface area contributed by atoms with E-state index in [2.05, 4.69) is 10.9 Å². The molecule has 1 heterocycles. The first kappa shape index (κ1) is 13.6. The molecule has 2 rings (SSSR count). The SMILES string of the molecule is Cc1ccc(C(=O)NNC(=O)CC2(O)CCCC2)o1. The quantitative estimate of drug-likeness (QED) is 0.713. The van der Waals surface area contributed by atoms with Gasteiger partial charge in [-0.3, -0.25) is 20.4 Å². The van der Waals surface area contributed by atoms with E-state index >= 15 is 0 Å². The van der Waals surface area contributed by atoms with Gasteiger partial charge >= 0.3 is 5.91 Å². The molecule has 1 aliphatic rings. The smallest absolute Gasteiger partial charge is 0.305 e. The molecule has 3 N–H and O–H groups in total. The van der Waals surface area contributed by atoms with Crippen molar-refractivity contribution in [2.75, 3.05) is 0 Å². The van der Waals surface area contributed by atoms with Crippen molar-refractivity contribution >= 4 is 11.8 Å². The van der Waals surface area contributed by atoms with Crippen molar-refractivity contribution in [3.63, 3.8) is 0 Å². The molecule has 19 heavy (non-hydrogen) atoms. The molecular weight excluding hydrogens is 248 g/mol. The molecule has 0 radical (unpaired) electrons. The molecule has 1 aliphatic carbocycles. The summed E-state index contributed by atoms with van der Waals surface area (Å²) in [4.78, 5) is 23.2. The first-order valence-corrected chi connectivity index (χ1v) is 6.37. The lowest BCUT2D eigenvalue weighted by Crippen LogP contribution is -2.44. The van der Waals surface area contributed by atoms with E-state index in [4.69, 9.17) is 4.42 Å². The van der Waals surface area contributed by atoms with Gasteiger partial charge in [0.25, 0.3) is 0 Å². The van der Waals surface area contributed by atoms with Crippen molar-refractivity contribution in [1.82, 2.24) is 10.9 Å². The molecule has 6 heteroatoms. The zero-order chi connectivity index (χ0) is 13.9. The Morgan fingerprint density at radius 1 is 1.32 bits per heavy atom. The van der Waals surface area contributed by atoms with Gasteiger partial charge in [0.1, 0.15) is 5.76 Å². The normalized spacial score (nSPS) is 17.2. The van der Waals surface area contributed by atoms with Gasteiger partial charge in [-0.05, 0) is 31.9 Å². The van der Waals surface area contributed by atoms with Gasteiger partial charge < -0.3 is 9.52 Å². The molecule has 6 nitrogen and oxygen atoms in total. The Hall–Kier alpha value is -1.82. The third-order valence-corrected chi connectivity index (χ3v) is 3.30. The van der Waals surface area contributed by atoms with Gasteiger partial charge in [-0.15, -0.1) is 0 Å². The minimum absolute atomic E-state index is 0.00443. The Labute approximate surface area is 111 Å². The van der Waals surface area contributed by atoms with E-state index in [1.807, 2.05) is 0 Å². The molecule has 0 atom stereocenters. The molecule has 0 saturated heterocycles. The van der Waals surface area contributed by atoms with Crippen LogP contribution in [0.3, 0.4) is 0 Å². The van der Waals surface area contributed by atoms with Crippen molar-refractivity contribution < 1.29 is 19.1 Å². The summed E-state index contributed by atoms with van der Waals surface area (Å²) < 4.78 is 5.12. The molecule has 0 spiro atoms. The van der Waals surface area contributed by atoms with E-state index in [0.29, 0.717) is 18.6 Å². The van der Waals surface area contributed by atoms with Crippen LogP contribution in [0.5, 0.6) is 0 Å². The number of furan rings is 1. The molecule has 0 bridgehead atoms. The summed E-state index contributed by atoms with van der Waals surface area (Å²) in [6, 6.07) is 3.19. The van der Waals surface area contributed by atoms with Gasteiger partial charge in [-0.2, -0.15) is 0 Å². The largest absolute Gasteiger partial charge is 0.456 e. The number of hydrogen-bond donors (Lipinski definition) is 3. The summed E-state index contributed by atoms with van der Waals surface area (Å²) in [5, 5.41) is 10.1. The maximum Gasteiger partial charge on any atom is 0.305 e. The fraction of sp³-hybridized carbons (Fsp3) is 0.538. The molecule has 0 aromatic carbocycles. The highest BCUT2D eigenvalue weighted by Gasteiger charge is 2.33. The summed E-state index contributed by atoms with van der Waals surface area (Å²) in [6.07, 6.45) is 3.13. The number of nitrogens with one attached hydrogen (secondary N) is 2. The summed E-state index contributed by atoms with van der Waals surface area (Å²) in [5.41, 5.74) is 3.62. The van der Waals surface area contributed by atoms with E-state index in [-0.39, 0.29) is 12.2 Å². The van der Waals surface area contributed by atoms with E-state index in [1.165, 1.54) is 6.07 Å². The summed E-state index contributed by atoms with van der Waals surface area (Å²) in [6.45, 7) is 1.73. The number of carbonyl (C=O) groups is 2. The number of rotatable bonds is 3. The van der Waals surface area contributed by atoms with Crippen molar-refractivity contribution in [3.8, 4) is 0 Å².